The molecule has 1 aromatic rings. The van der Waals surface area contributed by atoms with Gasteiger partial charge < -0.3 is 10.2 Å². The molecule has 4 heteroatoms. The number of urea groups is 1. The summed E-state index contributed by atoms with van der Waals surface area (Å²) in [6.45, 7) is 4.09. The van der Waals surface area contributed by atoms with Gasteiger partial charge in [-0.25, -0.2) is 4.79 Å². The number of amides is 2. The van der Waals surface area contributed by atoms with Crippen LogP contribution < -0.4 is 5.32 Å². The van der Waals surface area contributed by atoms with Crippen LogP contribution in [0.2, 0.25) is 0 Å². The molecular weight excluding hydrogens is 238 g/mol. The number of carbonyl (C=O) groups excluding carboxylic acids is 1. The molecule has 0 radical (unpaired) electrons. The minimum absolute atomic E-state index is 0.0416. The molecule has 0 bridgehead atoms. The first kappa shape index (κ1) is 12.5. The van der Waals surface area contributed by atoms with E-state index in [1.165, 1.54) is 19.4 Å². The lowest BCUT2D eigenvalue weighted by molar-refractivity contribution is 0.200. The van der Waals surface area contributed by atoms with E-state index in [0.29, 0.717) is 6.04 Å². The topological polar surface area (TPSA) is 35.6 Å². The van der Waals surface area contributed by atoms with Crippen LogP contribution in [0.3, 0.4) is 0 Å². The molecule has 2 saturated heterocycles. The smallest absolute Gasteiger partial charge is 0.321 e. The van der Waals surface area contributed by atoms with E-state index in [1.54, 1.807) is 0 Å². The van der Waals surface area contributed by atoms with Gasteiger partial charge in [-0.05, 0) is 37.9 Å². The summed E-state index contributed by atoms with van der Waals surface area (Å²) in [7, 11) is 0. The van der Waals surface area contributed by atoms with Gasteiger partial charge in [0.25, 0.3) is 0 Å². The van der Waals surface area contributed by atoms with Crippen molar-refractivity contribution in [3.8, 4) is 0 Å². The third-order valence-electron chi connectivity index (χ3n) is 4.12. The van der Waals surface area contributed by atoms with E-state index >= 15 is 0 Å². The summed E-state index contributed by atoms with van der Waals surface area (Å²) in [6.07, 6.45) is 3.59. The second kappa shape index (κ2) is 5.61. The van der Waals surface area contributed by atoms with Gasteiger partial charge in [0, 0.05) is 31.4 Å². The normalized spacial score (nSPS) is 23.8. The lowest BCUT2D eigenvalue weighted by Crippen LogP contribution is -2.41. The number of carbonyl (C=O) groups is 1. The van der Waals surface area contributed by atoms with E-state index in [-0.39, 0.29) is 6.03 Å². The Hall–Kier alpha value is -1.55. The Morgan fingerprint density at radius 2 is 1.89 bits per heavy atom. The largest absolute Gasteiger partial charge is 0.323 e. The number of para-hydroxylation sites is 1. The summed E-state index contributed by atoms with van der Waals surface area (Å²) < 4.78 is 0. The van der Waals surface area contributed by atoms with Crippen molar-refractivity contribution in [3.63, 3.8) is 0 Å². The van der Waals surface area contributed by atoms with E-state index in [2.05, 4.69) is 10.2 Å². The molecule has 2 amide bonds. The van der Waals surface area contributed by atoms with Crippen LogP contribution in [-0.4, -0.2) is 48.1 Å². The Bertz CT molecular complexity index is 434. The fraction of sp³-hybridized carbons (Fsp3) is 0.533. The van der Waals surface area contributed by atoms with E-state index in [9.17, 15) is 4.79 Å². The zero-order valence-corrected chi connectivity index (χ0v) is 11.2. The SMILES string of the molecule is O=C(Nc1ccccc1)N1CCCN2CCCC2C1. The van der Waals surface area contributed by atoms with E-state index in [0.717, 1.165) is 31.7 Å². The molecule has 4 nitrogen and oxygen atoms in total. The number of hydrogen-bond donors (Lipinski definition) is 1. The number of nitrogens with one attached hydrogen (secondary N) is 1. The van der Waals surface area contributed by atoms with Crippen molar-refractivity contribution in [1.29, 1.82) is 0 Å². The van der Waals surface area contributed by atoms with Crippen LogP contribution in [0, 0.1) is 0 Å². The van der Waals surface area contributed by atoms with Crippen molar-refractivity contribution >= 4 is 11.7 Å². The fourth-order valence-electron chi connectivity index (χ4n) is 3.12. The van der Waals surface area contributed by atoms with Crippen molar-refractivity contribution in [1.82, 2.24) is 9.80 Å². The molecule has 19 heavy (non-hydrogen) atoms. The van der Waals surface area contributed by atoms with Gasteiger partial charge in [0.05, 0.1) is 0 Å². The van der Waals surface area contributed by atoms with Crippen molar-refractivity contribution in [2.75, 3.05) is 31.5 Å². The Morgan fingerprint density at radius 1 is 1.11 bits per heavy atom. The molecule has 102 valence electrons. The standard InChI is InChI=1S/C15H21N3O/c19-15(16-13-6-2-1-3-7-13)18-11-5-10-17-9-4-8-14(17)12-18/h1-3,6-7,14H,4-5,8-12H2,(H,16,19). The maximum atomic E-state index is 12.3. The number of nitrogens with zero attached hydrogens (tertiary/aromatic N) is 2. The average molecular weight is 259 g/mol. The highest BCUT2D eigenvalue weighted by Gasteiger charge is 2.30. The van der Waals surface area contributed by atoms with Crippen LogP contribution in [-0.2, 0) is 0 Å². The van der Waals surface area contributed by atoms with E-state index < -0.39 is 0 Å². The fourth-order valence-corrected chi connectivity index (χ4v) is 3.12. The van der Waals surface area contributed by atoms with Gasteiger partial charge in [-0.2, -0.15) is 0 Å². The summed E-state index contributed by atoms with van der Waals surface area (Å²) in [4.78, 5) is 16.8. The Labute approximate surface area is 114 Å². The number of benzene rings is 1. The van der Waals surface area contributed by atoms with Gasteiger partial charge >= 0.3 is 6.03 Å². The second-order valence-corrected chi connectivity index (χ2v) is 5.43. The van der Waals surface area contributed by atoms with Crippen molar-refractivity contribution in [2.24, 2.45) is 0 Å². The first-order valence-electron chi connectivity index (χ1n) is 7.18. The molecule has 1 atom stereocenters. The molecule has 2 aliphatic heterocycles. The van der Waals surface area contributed by atoms with Crippen molar-refractivity contribution in [2.45, 2.75) is 25.3 Å². The molecule has 1 N–H and O–H groups in total. The summed E-state index contributed by atoms with van der Waals surface area (Å²) in [5.41, 5.74) is 0.875. The average Bonchev–Trinajstić information content (AvgIpc) is 2.77. The highest BCUT2D eigenvalue weighted by molar-refractivity contribution is 5.89. The molecule has 1 aromatic carbocycles. The maximum Gasteiger partial charge on any atom is 0.321 e. The molecule has 1 unspecified atom stereocenters. The first-order chi connectivity index (χ1) is 9.33. The Kier molecular flexibility index (Phi) is 3.69. The van der Waals surface area contributed by atoms with Crippen LogP contribution in [0.5, 0.6) is 0 Å². The molecule has 0 aromatic heterocycles. The molecule has 2 aliphatic rings. The maximum absolute atomic E-state index is 12.3. The van der Waals surface area contributed by atoms with Crippen LogP contribution in [0.1, 0.15) is 19.3 Å². The van der Waals surface area contributed by atoms with E-state index in [4.69, 9.17) is 0 Å². The number of hydrogen-bond acceptors (Lipinski definition) is 2. The zero-order valence-electron chi connectivity index (χ0n) is 11.2. The lowest BCUT2D eigenvalue weighted by atomic mass is 10.2. The lowest BCUT2D eigenvalue weighted by Gasteiger charge is -2.25. The molecule has 2 heterocycles. The summed E-state index contributed by atoms with van der Waals surface area (Å²) in [5, 5.41) is 2.99. The monoisotopic (exact) mass is 259 g/mol. The van der Waals surface area contributed by atoms with Crippen LogP contribution in [0.15, 0.2) is 30.3 Å². The van der Waals surface area contributed by atoms with Gasteiger partial charge in [0.1, 0.15) is 0 Å². The van der Waals surface area contributed by atoms with Gasteiger partial charge in [0.15, 0.2) is 0 Å². The number of rotatable bonds is 1. The van der Waals surface area contributed by atoms with Gasteiger partial charge in [-0.15, -0.1) is 0 Å². The van der Waals surface area contributed by atoms with Crippen molar-refractivity contribution < 1.29 is 4.79 Å². The third-order valence-corrected chi connectivity index (χ3v) is 4.12. The second-order valence-electron chi connectivity index (χ2n) is 5.43. The number of anilines is 1. The molecule has 3 rings (SSSR count). The summed E-state index contributed by atoms with van der Waals surface area (Å²) in [6, 6.07) is 10.3. The third kappa shape index (κ3) is 2.89. The molecule has 0 spiro atoms. The highest BCUT2D eigenvalue weighted by Crippen LogP contribution is 2.21. The Morgan fingerprint density at radius 3 is 2.74 bits per heavy atom. The minimum atomic E-state index is 0.0416. The molecule has 0 saturated carbocycles. The summed E-state index contributed by atoms with van der Waals surface area (Å²) >= 11 is 0. The minimum Gasteiger partial charge on any atom is -0.323 e. The van der Waals surface area contributed by atoms with Crippen molar-refractivity contribution in [3.05, 3.63) is 30.3 Å². The predicted octanol–water partition coefficient (Wildman–Crippen LogP) is 2.39. The molecular formula is C15H21N3O. The van der Waals surface area contributed by atoms with E-state index in [1.807, 2.05) is 35.2 Å². The Balaban J connectivity index is 1.63. The van der Waals surface area contributed by atoms with Gasteiger partial charge in [0.2, 0.25) is 0 Å². The first-order valence-corrected chi connectivity index (χ1v) is 7.18. The highest BCUT2D eigenvalue weighted by atomic mass is 16.2. The molecule has 0 aliphatic carbocycles. The van der Waals surface area contributed by atoms with Gasteiger partial charge in [-0.1, -0.05) is 18.2 Å². The summed E-state index contributed by atoms with van der Waals surface area (Å²) in [5.74, 6) is 0. The number of fused-ring (bicyclic) bond motifs is 1. The predicted molar refractivity (Wildman–Crippen MR) is 76.2 cm³/mol. The zero-order chi connectivity index (χ0) is 13.1. The quantitative estimate of drug-likeness (QED) is 0.840. The van der Waals surface area contributed by atoms with Crippen LogP contribution >= 0.6 is 0 Å². The van der Waals surface area contributed by atoms with Crippen LogP contribution in [0.25, 0.3) is 0 Å². The van der Waals surface area contributed by atoms with Crippen LogP contribution in [0.4, 0.5) is 10.5 Å². The van der Waals surface area contributed by atoms with Gasteiger partial charge in [-0.3, -0.25) is 4.90 Å². The molecule has 2 fully saturated rings.